The second kappa shape index (κ2) is 9.70. The third-order valence-electron chi connectivity index (χ3n) is 8.08. The Bertz CT molecular complexity index is 1080. The van der Waals surface area contributed by atoms with Gasteiger partial charge in [-0.2, -0.15) is 0 Å². The van der Waals surface area contributed by atoms with Crippen LogP contribution in [-0.4, -0.2) is 69.6 Å². The first-order valence-electron chi connectivity index (χ1n) is 13.0. The van der Waals surface area contributed by atoms with E-state index in [0.717, 1.165) is 82.1 Å². The molecule has 35 heavy (non-hydrogen) atoms. The summed E-state index contributed by atoms with van der Waals surface area (Å²) in [6.45, 7) is 9.33. The topological polar surface area (TPSA) is 63.3 Å². The second-order valence-corrected chi connectivity index (χ2v) is 10.3. The summed E-state index contributed by atoms with van der Waals surface area (Å²) in [6.07, 6.45) is 2.72. The highest BCUT2D eigenvalue weighted by atomic mass is 16.6. The lowest BCUT2D eigenvalue weighted by Gasteiger charge is -2.44. The maximum Gasteiger partial charge on any atom is 0.407 e. The Morgan fingerprint density at radius 2 is 1.74 bits per heavy atom. The van der Waals surface area contributed by atoms with Gasteiger partial charge in [0.25, 0.3) is 0 Å². The maximum atomic E-state index is 12.7. The number of carbonyl (C=O) groups is 1. The predicted molar refractivity (Wildman–Crippen MR) is 135 cm³/mol. The van der Waals surface area contributed by atoms with Gasteiger partial charge in [-0.25, -0.2) is 4.79 Å². The van der Waals surface area contributed by atoms with Gasteiger partial charge < -0.3 is 24.4 Å². The summed E-state index contributed by atoms with van der Waals surface area (Å²) in [6, 6.07) is 12.9. The third-order valence-corrected chi connectivity index (χ3v) is 8.08. The summed E-state index contributed by atoms with van der Waals surface area (Å²) in [4.78, 5) is 17.5. The van der Waals surface area contributed by atoms with Gasteiger partial charge in [0.05, 0.1) is 25.9 Å². The van der Waals surface area contributed by atoms with E-state index in [2.05, 4.69) is 58.4 Å². The molecule has 5 aliphatic rings. The first-order valence-corrected chi connectivity index (χ1v) is 13.0. The molecule has 186 valence electrons. The van der Waals surface area contributed by atoms with Crippen LogP contribution >= 0.6 is 0 Å². The number of fused-ring (bicyclic) bond motifs is 4. The average molecular weight is 478 g/mol. The fourth-order valence-electron chi connectivity index (χ4n) is 6.07. The minimum atomic E-state index is -0.306. The number of rotatable bonds is 4. The van der Waals surface area contributed by atoms with Crippen LogP contribution in [0.2, 0.25) is 0 Å². The molecule has 2 bridgehead atoms. The molecule has 2 aromatic carbocycles. The minimum absolute atomic E-state index is 0.0165. The van der Waals surface area contributed by atoms with E-state index in [1.807, 2.05) is 0 Å². The summed E-state index contributed by atoms with van der Waals surface area (Å²) >= 11 is 0. The van der Waals surface area contributed by atoms with Crippen LogP contribution in [0.5, 0.6) is 5.75 Å². The molecular weight excluding hydrogens is 442 g/mol. The highest BCUT2D eigenvalue weighted by Gasteiger charge is 2.37. The lowest BCUT2D eigenvalue weighted by Crippen LogP contribution is -2.52. The van der Waals surface area contributed by atoms with Gasteiger partial charge in [-0.05, 0) is 73.7 Å². The van der Waals surface area contributed by atoms with Crippen molar-refractivity contribution in [2.75, 3.05) is 57.4 Å². The van der Waals surface area contributed by atoms with E-state index in [4.69, 9.17) is 14.2 Å². The Hall–Kier alpha value is -2.77. The fourth-order valence-corrected chi connectivity index (χ4v) is 6.07. The van der Waals surface area contributed by atoms with E-state index < -0.39 is 0 Å². The molecule has 1 amide bonds. The van der Waals surface area contributed by atoms with Crippen LogP contribution in [0.3, 0.4) is 0 Å². The van der Waals surface area contributed by atoms with Gasteiger partial charge in [-0.3, -0.25) is 4.90 Å². The van der Waals surface area contributed by atoms with Crippen molar-refractivity contribution in [1.29, 1.82) is 0 Å². The van der Waals surface area contributed by atoms with Crippen molar-refractivity contribution in [1.82, 2.24) is 10.2 Å². The summed E-state index contributed by atoms with van der Waals surface area (Å²) in [5, 5.41) is 3.12. The molecule has 0 saturated carbocycles. The summed E-state index contributed by atoms with van der Waals surface area (Å²) in [5.41, 5.74) is 5.85. The lowest BCUT2D eigenvalue weighted by atomic mass is 9.86. The summed E-state index contributed by atoms with van der Waals surface area (Å²) in [5.74, 6) is 1.35. The van der Waals surface area contributed by atoms with E-state index in [-0.39, 0.29) is 18.2 Å². The highest BCUT2D eigenvalue weighted by Crippen LogP contribution is 2.37. The average Bonchev–Trinajstić information content (AvgIpc) is 2.89. The molecule has 5 aliphatic heterocycles. The number of anilines is 1. The molecule has 0 aliphatic carbocycles. The number of aryl methyl sites for hydroxylation is 1. The van der Waals surface area contributed by atoms with Crippen LogP contribution in [0.4, 0.5) is 10.5 Å². The third kappa shape index (κ3) is 4.71. The number of nitrogens with zero attached hydrogens (tertiary/aromatic N) is 2. The van der Waals surface area contributed by atoms with Gasteiger partial charge in [-0.1, -0.05) is 18.2 Å². The van der Waals surface area contributed by atoms with Crippen molar-refractivity contribution in [2.24, 2.45) is 5.92 Å². The molecular formula is C28H35N3O4. The van der Waals surface area contributed by atoms with Gasteiger partial charge in [0.1, 0.15) is 11.9 Å². The Labute approximate surface area is 207 Å². The zero-order chi connectivity index (χ0) is 23.8. The van der Waals surface area contributed by atoms with E-state index >= 15 is 0 Å². The number of morpholine rings is 1. The first kappa shape index (κ1) is 22.7. The van der Waals surface area contributed by atoms with Gasteiger partial charge in [0.15, 0.2) is 0 Å². The molecule has 4 saturated heterocycles. The van der Waals surface area contributed by atoms with Crippen LogP contribution in [-0.2, 0) is 9.47 Å². The molecule has 0 aromatic heterocycles. The molecule has 7 heteroatoms. The lowest BCUT2D eigenvalue weighted by molar-refractivity contribution is -0.0342. The standard InChI is InChI=1S/C28H35N3O4/c1-19-16-21(3-5-25(19)31-11-14-33-15-12-31)22-2-4-23-24(8-13-34-26(23)17-22)29-28(32)35-27-18-30-9-6-20(27)7-10-30/h2-5,16-17,20,24,27H,6-15,18H2,1H3,(H,29,32)/t24?,27-/m0/s1. The summed E-state index contributed by atoms with van der Waals surface area (Å²) in [7, 11) is 0. The Morgan fingerprint density at radius 1 is 0.971 bits per heavy atom. The number of nitrogens with one attached hydrogen (secondary N) is 1. The van der Waals surface area contributed by atoms with Gasteiger partial charge in [0, 0.05) is 37.3 Å². The molecule has 7 nitrogen and oxygen atoms in total. The Kier molecular flexibility index (Phi) is 6.29. The zero-order valence-corrected chi connectivity index (χ0v) is 20.5. The number of alkyl carbamates (subject to hydrolysis) is 1. The van der Waals surface area contributed by atoms with Crippen molar-refractivity contribution >= 4 is 11.8 Å². The molecule has 0 spiro atoms. The van der Waals surface area contributed by atoms with Gasteiger partial charge in [-0.15, -0.1) is 0 Å². The maximum absolute atomic E-state index is 12.7. The number of amides is 1. The van der Waals surface area contributed by atoms with Crippen molar-refractivity contribution in [3.63, 3.8) is 0 Å². The van der Waals surface area contributed by atoms with Gasteiger partial charge >= 0.3 is 6.09 Å². The Balaban J connectivity index is 1.14. The number of hydrogen-bond donors (Lipinski definition) is 1. The smallest absolute Gasteiger partial charge is 0.407 e. The number of ether oxygens (including phenoxy) is 3. The van der Waals surface area contributed by atoms with Crippen molar-refractivity contribution in [3.8, 4) is 16.9 Å². The monoisotopic (exact) mass is 477 g/mol. The molecule has 4 fully saturated rings. The van der Waals surface area contributed by atoms with Gasteiger partial charge in [0.2, 0.25) is 0 Å². The number of piperidine rings is 3. The zero-order valence-electron chi connectivity index (χ0n) is 20.5. The fraction of sp³-hybridized carbons (Fsp3) is 0.536. The van der Waals surface area contributed by atoms with E-state index in [0.29, 0.717) is 12.5 Å². The van der Waals surface area contributed by atoms with Crippen LogP contribution < -0.4 is 15.0 Å². The predicted octanol–water partition coefficient (Wildman–Crippen LogP) is 4.14. The largest absolute Gasteiger partial charge is 0.493 e. The van der Waals surface area contributed by atoms with E-state index in [9.17, 15) is 4.79 Å². The molecule has 2 atom stereocenters. The number of hydrogen-bond acceptors (Lipinski definition) is 6. The molecule has 7 rings (SSSR count). The van der Waals surface area contributed by atoms with Crippen molar-refractivity contribution in [3.05, 3.63) is 47.5 Å². The first-order chi connectivity index (χ1) is 17.1. The van der Waals surface area contributed by atoms with Crippen LogP contribution in [0.1, 0.15) is 36.4 Å². The highest BCUT2D eigenvalue weighted by molar-refractivity contribution is 5.72. The second-order valence-electron chi connectivity index (χ2n) is 10.3. The minimum Gasteiger partial charge on any atom is -0.493 e. The van der Waals surface area contributed by atoms with Crippen LogP contribution in [0.15, 0.2) is 36.4 Å². The Morgan fingerprint density at radius 3 is 2.49 bits per heavy atom. The van der Waals surface area contributed by atoms with Crippen molar-refractivity contribution in [2.45, 2.75) is 38.3 Å². The van der Waals surface area contributed by atoms with E-state index in [1.165, 1.54) is 16.8 Å². The number of benzene rings is 2. The van der Waals surface area contributed by atoms with Crippen LogP contribution in [0, 0.1) is 12.8 Å². The normalized spacial score (nSPS) is 27.6. The van der Waals surface area contributed by atoms with Crippen LogP contribution in [0.25, 0.3) is 11.1 Å². The molecule has 2 aromatic rings. The molecule has 1 unspecified atom stereocenters. The van der Waals surface area contributed by atoms with Crippen molar-refractivity contribution < 1.29 is 19.0 Å². The van der Waals surface area contributed by atoms with E-state index in [1.54, 1.807) is 0 Å². The molecule has 0 radical (unpaired) electrons. The quantitative estimate of drug-likeness (QED) is 0.714. The SMILES string of the molecule is Cc1cc(-c2ccc3c(c2)OCCC3NC(=O)O[C@H]2CN3CCC2CC3)ccc1N1CCOCC1. The molecule has 1 N–H and O–H groups in total. The molecule has 5 heterocycles. The summed E-state index contributed by atoms with van der Waals surface area (Å²) < 4.78 is 17.4. The number of carbonyl (C=O) groups excluding carboxylic acids is 1.